The van der Waals surface area contributed by atoms with Crippen molar-refractivity contribution in [3.05, 3.63) is 32.9 Å². The van der Waals surface area contributed by atoms with Crippen molar-refractivity contribution in [3.8, 4) is 0 Å². The Labute approximate surface area is 101 Å². The molecule has 0 radical (unpaired) electrons. The van der Waals surface area contributed by atoms with Crippen LogP contribution in [-0.2, 0) is 5.33 Å². The summed E-state index contributed by atoms with van der Waals surface area (Å²) < 4.78 is 7.36. The molecular formula is C9H5Br3O. The molecule has 0 saturated carbocycles. The Bertz CT molecular complexity index is 447. The lowest BCUT2D eigenvalue weighted by Crippen LogP contribution is -1.73. The number of halogens is 3. The first-order valence-electron chi connectivity index (χ1n) is 3.65. The fourth-order valence-corrected chi connectivity index (χ4v) is 3.02. The predicted molar refractivity (Wildman–Crippen MR) is 64.2 cm³/mol. The van der Waals surface area contributed by atoms with Crippen molar-refractivity contribution in [1.29, 1.82) is 0 Å². The van der Waals surface area contributed by atoms with Crippen molar-refractivity contribution in [2.45, 2.75) is 5.33 Å². The monoisotopic (exact) mass is 366 g/mol. The summed E-state index contributed by atoms with van der Waals surface area (Å²) in [4.78, 5) is 0. The maximum Gasteiger partial charge on any atom is 0.174 e. The second kappa shape index (κ2) is 3.75. The van der Waals surface area contributed by atoms with E-state index in [9.17, 15) is 0 Å². The highest BCUT2D eigenvalue weighted by Crippen LogP contribution is 2.32. The lowest BCUT2D eigenvalue weighted by molar-refractivity contribution is 0.583. The zero-order chi connectivity index (χ0) is 9.42. The molecule has 0 atom stereocenters. The van der Waals surface area contributed by atoms with E-state index >= 15 is 0 Å². The number of fused-ring (bicyclic) bond motifs is 1. The molecule has 0 spiro atoms. The lowest BCUT2D eigenvalue weighted by atomic mass is 10.2. The number of benzene rings is 1. The molecule has 0 bridgehead atoms. The van der Waals surface area contributed by atoms with Crippen LogP contribution >= 0.6 is 47.8 Å². The average Bonchev–Trinajstić information content (AvgIpc) is 2.39. The van der Waals surface area contributed by atoms with Gasteiger partial charge in [-0.1, -0.05) is 31.9 Å². The second-order valence-electron chi connectivity index (χ2n) is 2.63. The molecule has 13 heavy (non-hydrogen) atoms. The van der Waals surface area contributed by atoms with Crippen molar-refractivity contribution < 1.29 is 4.42 Å². The zero-order valence-corrected chi connectivity index (χ0v) is 11.2. The van der Waals surface area contributed by atoms with Gasteiger partial charge in [0.1, 0.15) is 5.58 Å². The van der Waals surface area contributed by atoms with E-state index in [1.54, 1.807) is 0 Å². The molecule has 1 nitrogen and oxygen atoms in total. The van der Waals surface area contributed by atoms with Crippen LogP contribution in [0.3, 0.4) is 0 Å². The molecule has 1 heterocycles. The van der Waals surface area contributed by atoms with Gasteiger partial charge in [-0.25, -0.2) is 0 Å². The quantitative estimate of drug-likeness (QED) is 0.656. The zero-order valence-electron chi connectivity index (χ0n) is 6.48. The van der Waals surface area contributed by atoms with Crippen LogP contribution < -0.4 is 0 Å². The van der Waals surface area contributed by atoms with Crippen LogP contribution in [0.5, 0.6) is 0 Å². The van der Waals surface area contributed by atoms with Gasteiger partial charge in [-0.05, 0) is 34.1 Å². The van der Waals surface area contributed by atoms with Gasteiger partial charge in [0.15, 0.2) is 4.67 Å². The van der Waals surface area contributed by atoms with Crippen LogP contribution in [0.15, 0.2) is 31.8 Å². The molecule has 2 rings (SSSR count). The van der Waals surface area contributed by atoms with Crippen molar-refractivity contribution in [2.24, 2.45) is 0 Å². The summed E-state index contributed by atoms with van der Waals surface area (Å²) in [5.41, 5.74) is 2.05. The Hall–Kier alpha value is 0.200. The Morgan fingerprint density at radius 3 is 2.69 bits per heavy atom. The van der Waals surface area contributed by atoms with Crippen molar-refractivity contribution >= 4 is 58.8 Å². The average molecular weight is 369 g/mol. The summed E-state index contributed by atoms with van der Waals surface area (Å²) in [5, 5.41) is 1.94. The normalized spacial score (nSPS) is 11.0. The SMILES string of the molecule is BrCc1c(Br)oc2cc(Br)ccc12. The van der Waals surface area contributed by atoms with Crippen molar-refractivity contribution in [1.82, 2.24) is 0 Å². The largest absolute Gasteiger partial charge is 0.449 e. The minimum Gasteiger partial charge on any atom is -0.449 e. The Balaban J connectivity index is 2.79. The second-order valence-corrected chi connectivity index (χ2v) is 4.83. The molecule has 0 saturated heterocycles. The molecule has 68 valence electrons. The third-order valence-electron chi connectivity index (χ3n) is 1.84. The summed E-state index contributed by atoms with van der Waals surface area (Å²) in [6.45, 7) is 0. The first-order chi connectivity index (χ1) is 6.22. The summed E-state index contributed by atoms with van der Waals surface area (Å²) >= 11 is 10.2. The van der Waals surface area contributed by atoms with Gasteiger partial charge < -0.3 is 4.42 Å². The molecule has 1 aromatic heterocycles. The third kappa shape index (κ3) is 1.72. The van der Waals surface area contributed by atoms with Crippen LogP contribution in [0.1, 0.15) is 5.56 Å². The fourth-order valence-electron chi connectivity index (χ4n) is 1.22. The third-order valence-corrected chi connectivity index (χ3v) is 3.53. The summed E-state index contributed by atoms with van der Waals surface area (Å²) in [5.74, 6) is 0. The van der Waals surface area contributed by atoms with Crippen LogP contribution in [0, 0.1) is 0 Å². The van der Waals surface area contributed by atoms with E-state index < -0.39 is 0 Å². The lowest BCUT2D eigenvalue weighted by Gasteiger charge is -1.91. The predicted octanol–water partition coefficient (Wildman–Crippen LogP) is 4.85. The fraction of sp³-hybridized carbons (Fsp3) is 0.111. The summed E-state index contributed by atoms with van der Waals surface area (Å²) in [6, 6.07) is 6.02. The Morgan fingerprint density at radius 1 is 1.23 bits per heavy atom. The summed E-state index contributed by atoms with van der Waals surface area (Å²) in [6.07, 6.45) is 0. The molecule has 1 aromatic carbocycles. The van der Waals surface area contributed by atoms with E-state index in [4.69, 9.17) is 4.42 Å². The Morgan fingerprint density at radius 2 is 2.00 bits per heavy atom. The Kier molecular flexibility index (Phi) is 2.81. The first kappa shape index (κ1) is 9.74. The van der Waals surface area contributed by atoms with E-state index in [1.807, 2.05) is 18.2 Å². The number of furan rings is 1. The molecule has 0 aliphatic carbocycles. The highest BCUT2D eigenvalue weighted by molar-refractivity contribution is 9.11. The van der Waals surface area contributed by atoms with Gasteiger partial charge in [-0.2, -0.15) is 0 Å². The van der Waals surface area contributed by atoms with Crippen LogP contribution in [0.25, 0.3) is 11.0 Å². The maximum atomic E-state index is 5.53. The van der Waals surface area contributed by atoms with E-state index in [2.05, 4.69) is 47.8 Å². The first-order valence-corrected chi connectivity index (χ1v) is 6.35. The molecule has 0 unspecified atom stereocenters. The standard InChI is InChI=1S/C9H5Br3O/c10-4-7-6-2-1-5(11)3-8(6)13-9(7)12/h1-3H,4H2. The van der Waals surface area contributed by atoms with Crippen molar-refractivity contribution in [3.63, 3.8) is 0 Å². The minimum absolute atomic E-state index is 0.794. The van der Waals surface area contributed by atoms with Gasteiger partial charge in [0.2, 0.25) is 0 Å². The number of hydrogen-bond acceptors (Lipinski definition) is 1. The van der Waals surface area contributed by atoms with Gasteiger partial charge in [-0.3, -0.25) is 0 Å². The smallest absolute Gasteiger partial charge is 0.174 e. The topological polar surface area (TPSA) is 13.1 Å². The highest BCUT2D eigenvalue weighted by Gasteiger charge is 2.10. The summed E-state index contributed by atoms with van der Waals surface area (Å²) in [7, 11) is 0. The number of alkyl halides is 1. The molecule has 0 aliphatic rings. The molecule has 4 heteroatoms. The van der Waals surface area contributed by atoms with Gasteiger partial charge >= 0.3 is 0 Å². The van der Waals surface area contributed by atoms with Crippen LogP contribution in [0.2, 0.25) is 0 Å². The molecule has 0 N–H and O–H groups in total. The van der Waals surface area contributed by atoms with E-state index in [0.717, 1.165) is 31.0 Å². The minimum atomic E-state index is 0.794. The molecular weight excluding hydrogens is 364 g/mol. The van der Waals surface area contributed by atoms with E-state index in [1.165, 1.54) is 0 Å². The van der Waals surface area contributed by atoms with Gasteiger partial charge in [0.25, 0.3) is 0 Å². The van der Waals surface area contributed by atoms with Crippen LogP contribution in [0.4, 0.5) is 0 Å². The highest BCUT2D eigenvalue weighted by atomic mass is 79.9. The number of hydrogen-bond donors (Lipinski definition) is 0. The van der Waals surface area contributed by atoms with E-state index in [0.29, 0.717) is 0 Å². The molecule has 0 fully saturated rings. The van der Waals surface area contributed by atoms with Gasteiger partial charge in [0.05, 0.1) is 0 Å². The van der Waals surface area contributed by atoms with Gasteiger partial charge in [-0.15, -0.1) is 0 Å². The molecule has 0 amide bonds. The van der Waals surface area contributed by atoms with E-state index in [-0.39, 0.29) is 0 Å². The maximum absolute atomic E-state index is 5.53. The number of rotatable bonds is 1. The van der Waals surface area contributed by atoms with Gasteiger partial charge in [0, 0.05) is 20.8 Å². The molecule has 2 aromatic rings. The molecule has 0 aliphatic heterocycles. The van der Waals surface area contributed by atoms with Crippen molar-refractivity contribution in [2.75, 3.05) is 0 Å². The van der Waals surface area contributed by atoms with Crippen LogP contribution in [-0.4, -0.2) is 0 Å².